The minimum atomic E-state index is -0.327. The molecular weight excluding hydrogens is 789 g/mol. The summed E-state index contributed by atoms with van der Waals surface area (Å²) in [6.07, 6.45) is 31.1. The Kier molecular flexibility index (Phi) is 41.6. The minimum Gasteiger partial charge on any atom is -0.462 e. The molecule has 0 spiro atoms. The van der Waals surface area contributed by atoms with Crippen LogP contribution in [-0.4, -0.2) is 165 Å². The second kappa shape index (κ2) is 44.3. The molecule has 1 atom stereocenters. The summed E-state index contributed by atoms with van der Waals surface area (Å²) in [5.41, 5.74) is 0. The van der Waals surface area contributed by atoms with Crippen molar-refractivity contribution >= 4 is 17.8 Å². The highest BCUT2D eigenvalue weighted by molar-refractivity contribution is 5.78. The van der Waals surface area contributed by atoms with Crippen molar-refractivity contribution in [2.75, 3.05) is 126 Å². The molecule has 0 aliphatic carbocycles. The molecule has 0 radical (unpaired) electrons. The molecule has 1 heterocycles. The molecule has 366 valence electrons. The van der Waals surface area contributed by atoms with Gasteiger partial charge in [0.1, 0.15) is 13.2 Å². The fraction of sp³-hybridized carbons (Fsp3) is 0.939. The highest BCUT2D eigenvalue weighted by atomic mass is 16.6. The van der Waals surface area contributed by atoms with E-state index in [4.69, 9.17) is 28.4 Å². The first kappa shape index (κ1) is 58.1. The van der Waals surface area contributed by atoms with Crippen molar-refractivity contribution in [2.45, 2.75) is 174 Å². The lowest BCUT2D eigenvalue weighted by Gasteiger charge is -2.25. The lowest BCUT2D eigenvalue weighted by Crippen LogP contribution is -2.45. The van der Waals surface area contributed by atoms with Gasteiger partial charge >= 0.3 is 11.9 Å². The lowest BCUT2D eigenvalue weighted by atomic mass is 10.1. The van der Waals surface area contributed by atoms with E-state index in [9.17, 15) is 14.4 Å². The Labute approximate surface area is 379 Å². The summed E-state index contributed by atoms with van der Waals surface area (Å²) in [6.45, 7) is 11.8. The zero-order valence-electron chi connectivity index (χ0n) is 40.6. The van der Waals surface area contributed by atoms with Crippen molar-refractivity contribution in [3.8, 4) is 0 Å². The fourth-order valence-electron chi connectivity index (χ4n) is 7.70. The molecule has 1 aliphatic heterocycles. The van der Waals surface area contributed by atoms with Crippen LogP contribution >= 0.6 is 0 Å². The van der Waals surface area contributed by atoms with Crippen LogP contribution in [0.5, 0.6) is 0 Å². The number of hydrogen-bond acceptors (Lipinski definition) is 12. The van der Waals surface area contributed by atoms with E-state index in [0.29, 0.717) is 78.8 Å². The van der Waals surface area contributed by atoms with Gasteiger partial charge in [0, 0.05) is 73.2 Å². The standard InChI is InChI=1S/C49H96N4O9/c1-5-7-9-11-13-15-17-19-21-23-25-27-35-59-45-46(60-36-28-26-24-22-20-18-16-14-12-10-8-6-2)41-50-47(54)42-51-29-31-52(43-48(55)61-39-37-57-3)33-34-53(32-30-51)44-49(56)62-40-38-58-4/h46H,5-45H2,1-4H3,(H,50,54). The van der Waals surface area contributed by atoms with Gasteiger partial charge in [0.05, 0.1) is 45.6 Å². The first-order valence-electron chi connectivity index (χ1n) is 25.3. The average molecular weight is 885 g/mol. The molecule has 62 heavy (non-hydrogen) atoms. The maximum Gasteiger partial charge on any atom is 0.320 e. The number of nitrogens with zero attached hydrogens (tertiary/aromatic N) is 3. The maximum absolute atomic E-state index is 13.5. The van der Waals surface area contributed by atoms with Crippen LogP contribution in [0.3, 0.4) is 0 Å². The average Bonchev–Trinajstić information content (AvgIpc) is 3.35. The summed E-state index contributed by atoms with van der Waals surface area (Å²) in [6, 6.07) is 0. The van der Waals surface area contributed by atoms with Gasteiger partial charge in [-0.05, 0) is 12.8 Å². The van der Waals surface area contributed by atoms with Crippen LogP contribution in [0.2, 0.25) is 0 Å². The number of esters is 2. The molecular formula is C49H96N4O9. The van der Waals surface area contributed by atoms with E-state index >= 15 is 0 Å². The normalized spacial score (nSPS) is 14.9. The van der Waals surface area contributed by atoms with Crippen LogP contribution < -0.4 is 5.32 Å². The molecule has 1 fully saturated rings. The lowest BCUT2D eigenvalue weighted by molar-refractivity contribution is -0.147. The SMILES string of the molecule is CCCCCCCCCCCCCCOCC(CNC(=O)CN1CCN(CC(=O)OCCOC)CCN(CC(=O)OCCOC)CC1)OCCCCCCCCCCCCCC. The van der Waals surface area contributed by atoms with E-state index in [1.165, 1.54) is 135 Å². The Morgan fingerprint density at radius 1 is 0.452 bits per heavy atom. The smallest absolute Gasteiger partial charge is 0.320 e. The monoisotopic (exact) mass is 885 g/mol. The van der Waals surface area contributed by atoms with Gasteiger partial charge < -0.3 is 33.7 Å². The van der Waals surface area contributed by atoms with Crippen LogP contribution in [0.4, 0.5) is 0 Å². The third-order valence-electron chi connectivity index (χ3n) is 11.7. The minimum absolute atomic E-state index is 0.0831. The number of carbonyl (C=O) groups is 3. The van der Waals surface area contributed by atoms with E-state index in [2.05, 4.69) is 24.1 Å². The molecule has 1 rings (SSSR count). The highest BCUT2D eigenvalue weighted by Gasteiger charge is 2.22. The summed E-state index contributed by atoms with van der Waals surface area (Å²) in [7, 11) is 3.13. The molecule has 0 bridgehead atoms. The molecule has 0 saturated carbocycles. The first-order chi connectivity index (χ1) is 30.4. The predicted octanol–water partition coefficient (Wildman–Crippen LogP) is 8.21. The molecule has 1 N–H and O–H groups in total. The topological polar surface area (TPSA) is 128 Å². The van der Waals surface area contributed by atoms with Crippen LogP contribution in [0.1, 0.15) is 168 Å². The van der Waals surface area contributed by atoms with Crippen molar-refractivity contribution in [1.29, 1.82) is 0 Å². The quantitative estimate of drug-likeness (QED) is 0.0469. The van der Waals surface area contributed by atoms with Crippen molar-refractivity contribution < 1.29 is 42.8 Å². The van der Waals surface area contributed by atoms with E-state index in [1.807, 2.05) is 9.80 Å². The van der Waals surface area contributed by atoms with Gasteiger partial charge in [-0.1, -0.05) is 155 Å². The molecule has 0 aromatic carbocycles. The van der Waals surface area contributed by atoms with Gasteiger partial charge in [-0.3, -0.25) is 29.1 Å². The molecule has 13 heteroatoms. The first-order valence-corrected chi connectivity index (χ1v) is 25.3. The fourth-order valence-corrected chi connectivity index (χ4v) is 7.70. The number of nitrogens with one attached hydrogen (secondary N) is 1. The summed E-state index contributed by atoms with van der Waals surface area (Å²) >= 11 is 0. The van der Waals surface area contributed by atoms with Crippen molar-refractivity contribution in [3.05, 3.63) is 0 Å². The van der Waals surface area contributed by atoms with Gasteiger partial charge in [-0.2, -0.15) is 0 Å². The van der Waals surface area contributed by atoms with Crippen molar-refractivity contribution in [3.63, 3.8) is 0 Å². The number of carbonyl (C=O) groups excluding carboxylic acids is 3. The second-order valence-corrected chi connectivity index (χ2v) is 17.4. The third kappa shape index (κ3) is 37.5. The summed E-state index contributed by atoms with van der Waals surface area (Å²) < 4.78 is 33.2. The molecule has 1 unspecified atom stereocenters. The Balaban J connectivity index is 2.63. The van der Waals surface area contributed by atoms with Gasteiger partial charge in [0.25, 0.3) is 0 Å². The van der Waals surface area contributed by atoms with Crippen molar-refractivity contribution in [1.82, 2.24) is 20.0 Å². The van der Waals surface area contributed by atoms with Crippen molar-refractivity contribution in [2.24, 2.45) is 0 Å². The maximum atomic E-state index is 13.5. The summed E-state index contributed by atoms with van der Waals surface area (Å²) in [5.74, 6) is -0.737. The molecule has 13 nitrogen and oxygen atoms in total. The van der Waals surface area contributed by atoms with Crippen LogP contribution in [0, 0.1) is 0 Å². The number of amides is 1. The van der Waals surface area contributed by atoms with E-state index in [0.717, 1.165) is 19.3 Å². The number of methoxy groups -OCH3 is 2. The van der Waals surface area contributed by atoms with E-state index < -0.39 is 0 Å². The van der Waals surface area contributed by atoms with Gasteiger partial charge in [0.2, 0.25) is 5.91 Å². The number of unbranched alkanes of at least 4 members (excludes halogenated alkanes) is 22. The zero-order chi connectivity index (χ0) is 45.0. The highest BCUT2D eigenvalue weighted by Crippen LogP contribution is 2.14. The molecule has 0 aromatic heterocycles. The predicted molar refractivity (Wildman–Crippen MR) is 251 cm³/mol. The number of ether oxygens (including phenoxy) is 6. The second-order valence-electron chi connectivity index (χ2n) is 17.4. The Morgan fingerprint density at radius 2 is 0.806 bits per heavy atom. The largest absolute Gasteiger partial charge is 0.462 e. The molecule has 0 aromatic rings. The number of rotatable bonds is 43. The Hall–Kier alpha value is -1.87. The zero-order valence-corrected chi connectivity index (χ0v) is 40.6. The van der Waals surface area contributed by atoms with Gasteiger partial charge in [0.15, 0.2) is 0 Å². The molecule has 1 amide bonds. The Morgan fingerprint density at radius 3 is 1.19 bits per heavy atom. The van der Waals surface area contributed by atoms with Crippen LogP contribution in [-0.2, 0) is 42.8 Å². The summed E-state index contributed by atoms with van der Waals surface area (Å²) in [5, 5.41) is 3.14. The Bertz CT molecular complexity index is 990. The molecule has 1 aliphatic rings. The van der Waals surface area contributed by atoms with Gasteiger partial charge in [-0.25, -0.2) is 0 Å². The van der Waals surface area contributed by atoms with Crippen LogP contribution in [0.15, 0.2) is 0 Å². The molecule has 1 saturated heterocycles. The summed E-state index contributed by atoms with van der Waals surface area (Å²) in [4.78, 5) is 44.8. The van der Waals surface area contributed by atoms with Crippen LogP contribution in [0.25, 0.3) is 0 Å². The van der Waals surface area contributed by atoms with Gasteiger partial charge in [-0.15, -0.1) is 0 Å². The third-order valence-corrected chi connectivity index (χ3v) is 11.7. The van der Waals surface area contributed by atoms with E-state index in [-0.39, 0.29) is 56.8 Å². The van der Waals surface area contributed by atoms with E-state index in [1.54, 1.807) is 14.2 Å². The number of hydrogen-bond donors (Lipinski definition) is 1.